The zero-order valence-corrected chi connectivity index (χ0v) is 12.9. The lowest BCUT2D eigenvalue weighted by molar-refractivity contribution is -0.119. The molecule has 1 aliphatic rings. The van der Waals surface area contributed by atoms with Gasteiger partial charge in [-0.05, 0) is 31.2 Å². The van der Waals surface area contributed by atoms with Crippen molar-refractivity contribution in [2.24, 2.45) is 5.92 Å². The molecule has 2 amide bonds. The maximum absolute atomic E-state index is 12.1. The average Bonchev–Trinajstić information content (AvgIpc) is 3.01. The van der Waals surface area contributed by atoms with E-state index in [1.807, 2.05) is 0 Å². The monoisotopic (exact) mass is 313 g/mol. The maximum atomic E-state index is 12.1. The predicted octanol–water partition coefficient (Wildman–Crippen LogP) is 1.02. The van der Waals surface area contributed by atoms with E-state index in [1.165, 1.54) is 7.11 Å². The van der Waals surface area contributed by atoms with Crippen molar-refractivity contribution in [1.82, 2.24) is 10.6 Å². The zero-order chi connectivity index (χ0) is 14.5. The topological polar surface area (TPSA) is 79.5 Å². The summed E-state index contributed by atoms with van der Waals surface area (Å²) in [5.41, 5.74) is 0.896. The number of rotatable bonds is 4. The Labute approximate surface area is 130 Å². The molecular weight excluding hydrogens is 294 g/mol. The van der Waals surface area contributed by atoms with E-state index < -0.39 is 0 Å². The first kappa shape index (κ1) is 17.3. The van der Waals surface area contributed by atoms with Crippen LogP contribution in [0.1, 0.15) is 16.8 Å². The molecule has 1 saturated heterocycles. The summed E-state index contributed by atoms with van der Waals surface area (Å²) in [5.74, 6) is 0.202. The van der Waals surface area contributed by atoms with Gasteiger partial charge in [-0.1, -0.05) is 0 Å². The van der Waals surface area contributed by atoms with E-state index in [1.54, 1.807) is 25.2 Å². The Morgan fingerprint density at radius 2 is 2.14 bits per heavy atom. The highest BCUT2D eigenvalue weighted by atomic mass is 35.5. The molecule has 0 aromatic heterocycles. The summed E-state index contributed by atoms with van der Waals surface area (Å²) >= 11 is 0. The summed E-state index contributed by atoms with van der Waals surface area (Å²) in [5, 5.41) is 8.53. The van der Waals surface area contributed by atoms with Crippen LogP contribution >= 0.6 is 12.4 Å². The molecule has 0 bridgehead atoms. The molecule has 3 N–H and O–H groups in total. The number of halogens is 1. The molecule has 1 aliphatic heterocycles. The van der Waals surface area contributed by atoms with E-state index in [9.17, 15) is 9.59 Å². The minimum absolute atomic E-state index is 0. The second kappa shape index (κ2) is 7.85. The molecule has 1 unspecified atom stereocenters. The van der Waals surface area contributed by atoms with Gasteiger partial charge in [0.25, 0.3) is 5.91 Å². The smallest absolute Gasteiger partial charge is 0.253 e. The number of ether oxygens (including phenoxy) is 1. The molecule has 6 nitrogen and oxygen atoms in total. The molecule has 1 aromatic rings. The lowest BCUT2D eigenvalue weighted by Gasteiger charge is -2.14. The summed E-state index contributed by atoms with van der Waals surface area (Å²) < 4.78 is 5.11. The normalized spacial score (nSPS) is 16.8. The standard InChI is InChI=1S/C14H19N3O3.ClH/c1-15-14(19)11-7-10(20-2)3-4-12(11)17-13(18)9-5-6-16-8-9;/h3-4,7,9,16H,5-6,8H2,1-2H3,(H,15,19)(H,17,18);1H. The van der Waals surface area contributed by atoms with Gasteiger partial charge in [-0.15, -0.1) is 12.4 Å². The summed E-state index contributed by atoms with van der Waals surface area (Å²) in [4.78, 5) is 24.0. The number of anilines is 1. The van der Waals surface area contributed by atoms with Crippen molar-refractivity contribution in [1.29, 1.82) is 0 Å². The van der Waals surface area contributed by atoms with Gasteiger partial charge in [-0.3, -0.25) is 9.59 Å². The van der Waals surface area contributed by atoms with E-state index in [0.717, 1.165) is 13.0 Å². The molecule has 1 aromatic carbocycles. The van der Waals surface area contributed by atoms with Crippen LogP contribution in [-0.4, -0.2) is 39.1 Å². The van der Waals surface area contributed by atoms with Crippen molar-refractivity contribution >= 4 is 29.9 Å². The van der Waals surface area contributed by atoms with Gasteiger partial charge in [-0.25, -0.2) is 0 Å². The fourth-order valence-corrected chi connectivity index (χ4v) is 2.20. The molecule has 1 heterocycles. The summed E-state index contributed by atoms with van der Waals surface area (Å²) in [6.45, 7) is 1.53. The minimum Gasteiger partial charge on any atom is -0.497 e. The summed E-state index contributed by atoms with van der Waals surface area (Å²) in [6.07, 6.45) is 0.817. The van der Waals surface area contributed by atoms with Gasteiger partial charge in [0.1, 0.15) is 5.75 Å². The molecule has 2 rings (SSSR count). The van der Waals surface area contributed by atoms with Gasteiger partial charge in [0, 0.05) is 13.6 Å². The van der Waals surface area contributed by atoms with E-state index in [2.05, 4.69) is 16.0 Å². The van der Waals surface area contributed by atoms with Crippen LogP contribution in [0.25, 0.3) is 0 Å². The fraction of sp³-hybridized carbons (Fsp3) is 0.429. The SMILES string of the molecule is CNC(=O)c1cc(OC)ccc1NC(=O)C1CCNC1.Cl. The van der Waals surface area contributed by atoms with Crippen LogP contribution in [-0.2, 0) is 4.79 Å². The van der Waals surface area contributed by atoms with Crippen LogP contribution in [0.4, 0.5) is 5.69 Å². The first-order chi connectivity index (χ1) is 9.65. The predicted molar refractivity (Wildman–Crippen MR) is 83.2 cm³/mol. The molecule has 21 heavy (non-hydrogen) atoms. The Bertz CT molecular complexity index is 516. The lowest BCUT2D eigenvalue weighted by Crippen LogP contribution is -2.27. The molecule has 0 radical (unpaired) electrons. The summed E-state index contributed by atoms with van der Waals surface area (Å²) in [7, 11) is 3.08. The van der Waals surface area contributed by atoms with Gasteiger partial charge in [0.05, 0.1) is 24.3 Å². The van der Waals surface area contributed by atoms with Gasteiger partial charge in [-0.2, -0.15) is 0 Å². The third-order valence-corrected chi connectivity index (χ3v) is 3.39. The van der Waals surface area contributed by atoms with Crippen LogP contribution in [0.2, 0.25) is 0 Å². The van der Waals surface area contributed by atoms with Crippen molar-refractivity contribution in [3.63, 3.8) is 0 Å². The lowest BCUT2D eigenvalue weighted by atomic mass is 10.1. The van der Waals surface area contributed by atoms with Crippen molar-refractivity contribution < 1.29 is 14.3 Å². The molecule has 1 fully saturated rings. The van der Waals surface area contributed by atoms with E-state index in [-0.39, 0.29) is 30.1 Å². The number of hydrogen-bond donors (Lipinski definition) is 3. The van der Waals surface area contributed by atoms with E-state index in [0.29, 0.717) is 23.5 Å². The Kier molecular flexibility index (Phi) is 6.45. The highest BCUT2D eigenvalue weighted by molar-refractivity contribution is 6.04. The first-order valence-electron chi connectivity index (χ1n) is 6.57. The number of carbonyl (C=O) groups excluding carboxylic acids is 2. The second-order valence-corrected chi connectivity index (χ2v) is 4.67. The maximum Gasteiger partial charge on any atom is 0.253 e. The Balaban J connectivity index is 0.00000220. The van der Waals surface area contributed by atoms with Crippen LogP contribution in [0.5, 0.6) is 5.75 Å². The third-order valence-electron chi connectivity index (χ3n) is 3.39. The number of methoxy groups -OCH3 is 1. The van der Waals surface area contributed by atoms with Crippen molar-refractivity contribution in [3.05, 3.63) is 23.8 Å². The minimum atomic E-state index is -0.260. The average molecular weight is 314 g/mol. The van der Waals surface area contributed by atoms with E-state index in [4.69, 9.17) is 4.74 Å². The van der Waals surface area contributed by atoms with Crippen molar-refractivity contribution in [3.8, 4) is 5.75 Å². The largest absolute Gasteiger partial charge is 0.497 e. The van der Waals surface area contributed by atoms with Crippen molar-refractivity contribution in [2.75, 3.05) is 32.6 Å². The number of carbonyl (C=O) groups is 2. The van der Waals surface area contributed by atoms with Gasteiger partial charge in [0.2, 0.25) is 5.91 Å². The molecule has 0 saturated carbocycles. The first-order valence-corrected chi connectivity index (χ1v) is 6.57. The van der Waals surface area contributed by atoms with E-state index >= 15 is 0 Å². The Morgan fingerprint density at radius 1 is 1.38 bits per heavy atom. The highest BCUT2D eigenvalue weighted by Gasteiger charge is 2.23. The van der Waals surface area contributed by atoms with Crippen molar-refractivity contribution in [2.45, 2.75) is 6.42 Å². The molecule has 0 aliphatic carbocycles. The second-order valence-electron chi connectivity index (χ2n) is 4.67. The molecule has 7 heteroatoms. The zero-order valence-electron chi connectivity index (χ0n) is 12.1. The van der Waals surface area contributed by atoms with Crippen LogP contribution in [0.3, 0.4) is 0 Å². The van der Waals surface area contributed by atoms with Gasteiger partial charge >= 0.3 is 0 Å². The third kappa shape index (κ3) is 4.09. The molecular formula is C14H20ClN3O3. The highest BCUT2D eigenvalue weighted by Crippen LogP contribution is 2.23. The quantitative estimate of drug-likeness (QED) is 0.775. The number of nitrogens with one attached hydrogen (secondary N) is 3. The van der Waals surface area contributed by atoms with Crippen LogP contribution in [0.15, 0.2) is 18.2 Å². The molecule has 0 spiro atoms. The van der Waals surface area contributed by atoms with Crippen LogP contribution < -0.4 is 20.7 Å². The fourth-order valence-electron chi connectivity index (χ4n) is 2.20. The number of amides is 2. The Morgan fingerprint density at radius 3 is 2.71 bits per heavy atom. The molecule has 1 atom stereocenters. The van der Waals surface area contributed by atoms with Gasteiger partial charge < -0.3 is 20.7 Å². The van der Waals surface area contributed by atoms with Crippen LogP contribution in [0, 0.1) is 5.92 Å². The number of hydrogen-bond acceptors (Lipinski definition) is 4. The number of benzene rings is 1. The Hall–Kier alpha value is -1.79. The van der Waals surface area contributed by atoms with Gasteiger partial charge in [0.15, 0.2) is 0 Å². The summed E-state index contributed by atoms with van der Waals surface area (Å²) in [6, 6.07) is 5.01. The molecule has 116 valence electrons.